The third-order valence-electron chi connectivity index (χ3n) is 3.87. The lowest BCUT2D eigenvalue weighted by molar-refractivity contribution is -0.146. The van der Waals surface area contributed by atoms with Gasteiger partial charge in [-0.2, -0.15) is 0 Å². The summed E-state index contributed by atoms with van der Waals surface area (Å²) in [6.45, 7) is 10.1. The Morgan fingerprint density at radius 3 is 2.50 bits per heavy atom. The molecule has 0 bridgehead atoms. The average Bonchev–Trinajstić information content (AvgIpc) is 2.49. The molecule has 0 unspecified atom stereocenters. The Morgan fingerprint density at radius 1 is 1.36 bits per heavy atom. The minimum absolute atomic E-state index is 0. The highest BCUT2D eigenvalue weighted by atomic mass is 127. The lowest BCUT2D eigenvalue weighted by Crippen LogP contribution is -2.46. The molecule has 6 heteroatoms. The van der Waals surface area contributed by atoms with E-state index in [1.807, 2.05) is 0 Å². The number of hydrogen-bond acceptors (Lipinski definition) is 3. The van der Waals surface area contributed by atoms with Crippen LogP contribution in [0, 0.1) is 11.8 Å². The topological polar surface area (TPSA) is 53.9 Å². The number of nitrogens with zero attached hydrogens (tertiary/aromatic N) is 2. The molecule has 5 nitrogen and oxygen atoms in total. The van der Waals surface area contributed by atoms with Gasteiger partial charge in [-0.1, -0.05) is 13.8 Å². The van der Waals surface area contributed by atoms with Crippen molar-refractivity contribution in [2.24, 2.45) is 16.8 Å². The largest absolute Gasteiger partial charge is 0.469 e. The van der Waals surface area contributed by atoms with Crippen LogP contribution in [0.25, 0.3) is 0 Å². The number of ether oxygens (including phenoxy) is 1. The molecule has 0 aromatic carbocycles. The average molecular weight is 425 g/mol. The molecule has 0 aromatic heterocycles. The molecule has 0 saturated carbocycles. The molecule has 1 fully saturated rings. The Hall–Kier alpha value is -0.530. The summed E-state index contributed by atoms with van der Waals surface area (Å²) in [5.41, 5.74) is 0. The normalized spacial score (nSPS) is 16.4. The van der Waals surface area contributed by atoms with Crippen molar-refractivity contribution in [3.8, 4) is 0 Å². The van der Waals surface area contributed by atoms with E-state index in [1.54, 1.807) is 0 Å². The second kappa shape index (κ2) is 12.0. The van der Waals surface area contributed by atoms with Crippen LogP contribution in [0.4, 0.5) is 0 Å². The van der Waals surface area contributed by atoms with E-state index in [1.165, 1.54) is 13.5 Å². The molecular formula is C16H32IN3O2. The van der Waals surface area contributed by atoms with Gasteiger partial charge in [0.1, 0.15) is 0 Å². The zero-order chi connectivity index (χ0) is 15.7. The molecule has 22 heavy (non-hydrogen) atoms. The third kappa shape index (κ3) is 7.65. The predicted molar refractivity (Wildman–Crippen MR) is 102 cm³/mol. The van der Waals surface area contributed by atoms with Gasteiger partial charge in [-0.05, 0) is 38.5 Å². The predicted octanol–water partition coefficient (Wildman–Crippen LogP) is 2.89. The van der Waals surface area contributed by atoms with Gasteiger partial charge in [-0.15, -0.1) is 24.0 Å². The van der Waals surface area contributed by atoms with Crippen molar-refractivity contribution in [2.75, 3.05) is 33.3 Å². The summed E-state index contributed by atoms with van der Waals surface area (Å²) < 4.78 is 4.83. The zero-order valence-electron chi connectivity index (χ0n) is 14.4. The molecule has 130 valence electrons. The fourth-order valence-electron chi connectivity index (χ4n) is 2.60. The number of methoxy groups -OCH3 is 1. The minimum atomic E-state index is -0.0754. The van der Waals surface area contributed by atoms with Crippen molar-refractivity contribution in [3.63, 3.8) is 0 Å². The molecule has 0 aliphatic carbocycles. The molecule has 0 radical (unpaired) electrons. The number of guanidine groups is 1. The Bertz CT molecular complexity index is 340. The van der Waals surface area contributed by atoms with E-state index >= 15 is 0 Å². The summed E-state index contributed by atoms with van der Waals surface area (Å²) in [5.74, 6) is 1.70. The second-order valence-electron chi connectivity index (χ2n) is 6.06. The molecule has 1 aliphatic rings. The van der Waals surface area contributed by atoms with Crippen molar-refractivity contribution < 1.29 is 9.53 Å². The molecule has 0 spiro atoms. The standard InChI is InChI=1S/C16H31N3O2.HI/c1-5-17-16(18-10-6-7-13(2)3)19-11-8-14(9-12-19)15(20)21-4;/h13-14H,5-12H2,1-4H3,(H,17,18);1H. The van der Waals surface area contributed by atoms with E-state index in [0.717, 1.165) is 57.3 Å². The fourth-order valence-corrected chi connectivity index (χ4v) is 2.60. The number of rotatable bonds is 6. The Morgan fingerprint density at radius 2 is 2.00 bits per heavy atom. The number of nitrogens with one attached hydrogen (secondary N) is 1. The van der Waals surface area contributed by atoms with Crippen molar-refractivity contribution in [3.05, 3.63) is 0 Å². The van der Waals surface area contributed by atoms with Crippen LogP contribution in [0.3, 0.4) is 0 Å². The van der Waals surface area contributed by atoms with E-state index in [0.29, 0.717) is 0 Å². The van der Waals surface area contributed by atoms with Crippen LogP contribution in [-0.4, -0.2) is 50.1 Å². The van der Waals surface area contributed by atoms with Crippen molar-refractivity contribution >= 4 is 35.9 Å². The molecule has 1 saturated heterocycles. The molecular weight excluding hydrogens is 393 g/mol. The monoisotopic (exact) mass is 425 g/mol. The van der Waals surface area contributed by atoms with Crippen molar-refractivity contribution in [2.45, 2.75) is 46.5 Å². The van der Waals surface area contributed by atoms with Crippen LogP contribution < -0.4 is 5.32 Å². The van der Waals surface area contributed by atoms with Gasteiger partial charge in [-0.25, -0.2) is 0 Å². The molecule has 1 aliphatic heterocycles. The van der Waals surface area contributed by atoms with Crippen LogP contribution in [0.15, 0.2) is 4.99 Å². The third-order valence-corrected chi connectivity index (χ3v) is 3.87. The number of piperidine rings is 1. The van der Waals surface area contributed by atoms with Gasteiger partial charge >= 0.3 is 5.97 Å². The number of hydrogen-bond donors (Lipinski definition) is 1. The van der Waals surface area contributed by atoms with E-state index in [4.69, 9.17) is 9.73 Å². The zero-order valence-corrected chi connectivity index (χ0v) is 16.8. The highest BCUT2D eigenvalue weighted by molar-refractivity contribution is 14.0. The number of aliphatic imine (C=N–C) groups is 1. The molecule has 0 atom stereocenters. The number of likely N-dealkylation sites (tertiary alicyclic amines) is 1. The lowest BCUT2D eigenvalue weighted by atomic mass is 9.97. The van der Waals surface area contributed by atoms with Gasteiger partial charge in [0.05, 0.1) is 13.0 Å². The number of carbonyl (C=O) groups excluding carboxylic acids is 1. The lowest BCUT2D eigenvalue weighted by Gasteiger charge is -2.33. The highest BCUT2D eigenvalue weighted by Gasteiger charge is 2.26. The summed E-state index contributed by atoms with van der Waals surface area (Å²) in [7, 11) is 1.47. The maximum atomic E-state index is 11.6. The summed E-state index contributed by atoms with van der Waals surface area (Å²) in [4.78, 5) is 18.5. The molecule has 0 aromatic rings. The van der Waals surface area contributed by atoms with Crippen molar-refractivity contribution in [1.29, 1.82) is 0 Å². The summed E-state index contributed by atoms with van der Waals surface area (Å²) in [6.07, 6.45) is 4.05. The molecule has 1 N–H and O–H groups in total. The van der Waals surface area contributed by atoms with Crippen LogP contribution in [0.5, 0.6) is 0 Å². The molecule has 1 heterocycles. The van der Waals surface area contributed by atoms with E-state index in [2.05, 4.69) is 31.0 Å². The Balaban J connectivity index is 0.00000441. The van der Waals surface area contributed by atoms with E-state index in [-0.39, 0.29) is 35.9 Å². The van der Waals surface area contributed by atoms with Crippen LogP contribution in [0.2, 0.25) is 0 Å². The Kier molecular flexibility index (Phi) is 11.7. The summed E-state index contributed by atoms with van der Waals surface area (Å²) in [5, 5.41) is 3.36. The van der Waals surface area contributed by atoms with Gasteiger partial charge < -0.3 is 15.0 Å². The van der Waals surface area contributed by atoms with Crippen molar-refractivity contribution in [1.82, 2.24) is 10.2 Å². The molecule has 0 amide bonds. The van der Waals surface area contributed by atoms with Gasteiger partial charge in [0.15, 0.2) is 5.96 Å². The van der Waals surface area contributed by atoms with Gasteiger partial charge in [0.2, 0.25) is 0 Å². The molecule has 1 rings (SSSR count). The summed E-state index contributed by atoms with van der Waals surface area (Å²) in [6, 6.07) is 0. The van der Waals surface area contributed by atoms with Crippen LogP contribution in [-0.2, 0) is 9.53 Å². The first kappa shape index (κ1) is 21.5. The maximum Gasteiger partial charge on any atom is 0.308 e. The van der Waals surface area contributed by atoms with Gasteiger partial charge in [0.25, 0.3) is 0 Å². The maximum absolute atomic E-state index is 11.6. The number of esters is 1. The van der Waals surface area contributed by atoms with E-state index < -0.39 is 0 Å². The van der Waals surface area contributed by atoms with E-state index in [9.17, 15) is 4.79 Å². The summed E-state index contributed by atoms with van der Waals surface area (Å²) >= 11 is 0. The van der Waals surface area contributed by atoms with Crippen LogP contribution >= 0.6 is 24.0 Å². The van der Waals surface area contributed by atoms with Gasteiger partial charge in [0, 0.05) is 26.2 Å². The smallest absolute Gasteiger partial charge is 0.308 e. The quantitative estimate of drug-likeness (QED) is 0.234. The number of halogens is 1. The van der Waals surface area contributed by atoms with Crippen LogP contribution in [0.1, 0.15) is 46.5 Å². The minimum Gasteiger partial charge on any atom is -0.469 e. The first-order chi connectivity index (χ1) is 10.1. The van der Waals surface area contributed by atoms with Gasteiger partial charge in [-0.3, -0.25) is 9.79 Å². The first-order valence-corrected chi connectivity index (χ1v) is 8.19. The number of carbonyl (C=O) groups is 1. The SMILES string of the molecule is CCNC(=NCCCC(C)C)N1CCC(C(=O)OC)CC1.I. The fraction of sp³-hybridized carbons (Fsp3) is 0.875. The Labute approximate surface area is 152 Å². The first-order valence-electron chi connectivity index (χ1n) is 8.19. The highest BCUT2D eigenvalue weighted by Crippen LogP contribution is 2.18. The second-order valence-corrected chi connectivity index (χ2v) is 6.06.